The summed E-state index contributed by atoms with van der Waals surface area (Å²) in [6, 6.07) is 16.5. The molecule has 0 radical (unpaired) electrons. The molecule has 2 heterocycles. The summed E-state index contributed by atoms with van der Waals surface area (Å²) in [5, 5.41) is 20.5. The first kappa shape index (κ1) is 20.0. The van der Waals surface area contributed by atoms with Crippen LogP contribution in [0.1, 0.15) is 43.4 Å². The van der Waals surface area contributed by atoms with Crippen LogP contribution in [-0.4, -0.2) is 40.8 Å². The maximum Gasteiger partial charge on any atom is 0.205 e. The fourth-order valence-electron chi connectivity index (χ4n) is 3.46. The van der Waals surface area contributed by atoms with Crippen molar-refractivity contribution in [3.63, 3.8) is 0 Å². The van der Waals surface area contributed by atoms with E-state index >= 15 is 0 Å². The van der Waals surface area contributed by atoms with E-state index in [4.69, 9.17) is 12.2 Å². The third-order valence-corrected chi connectivity index (χ3v) is 5.19. The molecule has 1 N–H and O–H groups in total. The summed E-state index contributed by atoms with van der Waals surface area (Å²) in [6.07, 6.45) is 4.17. The highest BCUT2D eigenvalue weighted by Crippen LogP contribution is 2.29. The van der Waals surface area contributed by atoms with Crippen LogP contribution in [0.4, 0.5) is 0 Å². The number of tetrazole rings is 1. The van der Waals surface area contributed by atoms with Crippen molar-refractivity contribution in [2.45, 2.75) is 39.2 Å². The Morgan fingerprint density at radius 3 is 2.53 bits per heavy atom. The summed E-state index contributed by atoms with van der Waals surface area (Å²) in [5.41, 5.74) is 4.29. The average Bonchev–Trinajstić information content (AvgIpc) is 3.45. The van der Waals surface area contributed by atoms with Gasteiger partial charge in [-0.15, -0.1) is 10.2 Å². The summed E-state index contributed by atoms with van der Waals surface area (Å²) in [6.45, 7) is 3.07. The molecule has 2 aromatic heterocycles. The first-order valence-electron chi connectivity index (χ1n) is 10.1. The zero-order valence-corrected chi connectivity index (χ0v) is 17.6. The first-order valence-corrected chi connectivity index (χ1v) is 10.6. The van der Waals surface area contributed by atoms with Crippen LogP contribution in [0.5, 0.6) is 0 Å². The number of H-pyrrole nitrogens is 1. The number of nitrogens with one attached hydrogen (secondary N) is 1. The highest BCUT2D eigenvalue weighted by atomic mass is 32.1. The van der Waals surface area contributed by atoms with Gasteiger partial charge in [-0.3, -0.25) is 0 Å². The van der Waals surface area contributed by atoms with Gasteiger partial charge >= 0.3 is 0 Å². The van der Waals surface area contributed by atoms with Crippen molar-refractivity contribution in [2.75, 3.05) is 0 Å². The molecule has 0 spiro atoms. The highest BCUT2D eigenvalue weighted by molar-refractivity contribution is 7.79. The van der Waals surface area contributed by atoms with Crippen molar-refractivity contribution in [1.82, 2.24) is 35.4 Å². The van der Waals surface area contributed by atoms with E-state index in [1.54, 1.807) is 0 Å². The summed E-state index contributed by atoms with van der Waals surface area (Å²) < 4.78 is 1.99. The van der Waals surface area contributed by atoms with Gasteiger partial charge in [-0.25, -0.2) is 9.67 Å². The van der Waals surface area contributed by atoms with Gasteiger partial charge in [0.15, 0.2) is 5.82 Å². The van der Waals surface area contributed by atoms with E-state index in [1.807, 2.05) is 22.9 Å². The van der Waals surface area contributed by atoms with Crippen molar-refractivity contribution < 1.29 is 0 Å². The van der Waals surface area contributed by atoms with Gasteiger partial charge in [0, 0.05) is 23.9 Å². The highest BCUT2D eigenvalue weighted by Gasteiger charge is 2.12. The maximum atomic E-state index is 5.03. The lowest BCUT2D eigenvalue weighted by Crippen LogP contribution is -2.06. The van der Waals surface area contributed by atoms with Crippen LogP contribution in [-0.2, 0) is 13.0 Å². The Kier molecular flexibility index (Phi) is 6.34. The molecule has 4 aromatic rings. The molecule has 8 heteroatoms. The van der Waals surface area contributed by atoms with E-state index in [0.29, 0.717) is 11.6 Å². The van der Waals surface area contributed by atoms with E-state index < -0.39 is 0 Å². The molecule has 0 aliphatic carbocycles. The molecule has 0 amide bonds. The monoisotopic (exact) mass is 417 g/mol. The molecule has 0 unspecified atom stereocenters. The third-order valence-electron chi connectivity index (χ3n) is 4.98. The lowest BCUT2D eigenvalue weighted by atomic mass is 9.98. The van der Waals surface area contributed by atoms with Crippen LogP contribution in [0, 0.1) is 0 Å². The van der Waals surface area contributed by atoms with Gasteiger partial charge < -0.3 is 0 Å². The second-order valence-electron chi connectivity index (χ2n) is 7.09. The quantitative estimate of drug-likeness (QED) is 0.324. The fraction of sp³-hybridized carbons (Fsp3) is 0.273. The normalized spacial score (nSPS) is 11.0. The number of aromatic amines is 1. The lowest BCUT2D eigenvalue weighted by Gasteiger charge is -2.09. The van der Waals surface area contributed by atoms with Gasteiger partial charge in [-0.05, 0) is 28.3 Å². The van der Waals surface area contributed by atoms with E-state index in [1.165, 1.54) is 23.8 Å². The molecule has 0 aliphatic rings. The van der Waals surface area contributed by atoms with Crippen LogP contribution >= 0.6 is 12.2 Å². The molecule has 4 rings (SSSR count). The van der Waals surface area contributed by atoms with E-state index in [-0.39, 0.29) is 0 Å². The minimum atomic E-state index is 0.586. The molecule has 30 heavy (non-hydrogen) atoms. The summed E-state index contributed by atoms with van der Waals surface area (Å²) in [7, 11) is 0. The number of rotatable bonds is 9. The minimum Gasteiger partial charge on any atom is -0.249 e. The number of benzene rings is 2. The molecule has 7 nitrogen and oxygen atoms in total. The SMILES string of the molecule is CCCCCn1nc(C=S)nc1Cc1ccc(-c2ccccc2-c2nn[nH]n2)cc1. The second-order valence-corrected chi connectivity index (χ2v) is 7.32. The maximum absolute atomic E-state index is 5.03. The Labute approximate surface area is 180 Å². The number of unbranched alkanes of at least 4 members (excludes halogenated alkanes) is 2. The predicted molar refractivity (Wildman–Crippen MR) is 120 cm³/mol. The first-order chi connectivity index (χ1) is 14.8. The third kappa shape index (κ3) is 4.49. The number of hydrogen-bond donors (Lipinski definition) is 1. The molecule has 0 bridgehead atoms. The Balaban J connectivity index is 1.56. The summed E-state index contributed by atoms with van der Waals surface area (Å²) >= 11 is 5.03. The van der Waals surface area contributed by atoms with Gasteiger partial charge in [-0.1, -0.05) is 80.5 Å². The molecule has 152 valence electrons. The number of thiocarbonyl (C=S) groups is 1. The average molecular weight is 418 g/mol. The largest absolute Gasteiger partial charge is 0.249 e. The molecule has 0 aliphatic heterocycles. The molecular weight excluding hydrogens is 394 g/mol. The van der Waals surface area contributed by atoms with Crippen LogP contribution in [0.15, 0.2) is 48.5 Å². The Bertz CT molecular complexity index is 1100. The molecule has 0 fully saturated rings. The van der Waals surface area contributed by atoms with Crippen molar-refractivity contribution >= 4 is 17.6 Å². The molecular formula is C22H23N7S. The zero-order chi connectivity index (χ0) is 20.8. The molecule has 0 saturated carbocycles. The lowest BCUT2D eigenvalue weighted by molar-refractivity contribution is 0.534. The smallest absolute Gasteiger partial charge is 0.205 e. The van der Waals surface area contributed by atoms with Crippen molar-refractivity contribution in [2.24, 2.45) is 0 Å². The van der Waals surface area contributed by atoms with Crippen LogP contribution in [0.2, 0.25) is 0 Å². The van der Waals surface area contributed by atoms with Crippen molar-refractivity contribution in [1.29, 1.82) is 0 Å². The number of aryl methyl sites for hydroxylation is 1. The standard InChI is InChI=1S/C22H23N7S/c1-2-3-6-13-29-21(23-20(15-30)26-29)14-16-9-11-17(12-10-16)18-7-4-5-8-19(18)22-24-27-28-25-22/h4-5,7-12,15H,2-3,6,13-14H2,1H3,(H,24,25,27,28). The fourth-order valence-corrected chi connectivity index (χ4v) is 3.56. The molecule has 2 aromatic carbocycles. The van der Waals surface area contributed by atoms with Crippen molar-refractivity contribution in [3.05, 3.63) is 65.7 Å². The second kappa shape index (κ2) is 9.49. The van der Waals surface area contributed by atoms with E-state index in [2.05, 4.69) is 68.0 Å². The van der Waals surface area contributed by atoms with Crippen LogP contribution in [0.25, 0.3) is 22.5 Å². The summed E-state index contributed by atoms with van der Waals surface area (Å²) in [4.78, 5) is 4.60. The van der Waals surface area contributed by atoms with Crippen LogP contribution < -0.4 is 0 Å². The van der Waals surface area contributed by atoms with E-state index in [9.17, 15) is 0 Å². The zero-order valence-electron chi connectivity index (χ0n) is 16.8. The van der Waals surface area contributed by atoms with Crippen LogP contribution in [0.3, 0.4) is 0 Å². The Morgan fingerprint density at radius 1 is 1.03 bits per heavy atom. The topological polar surface area (TPSA) is 85.2 Å². The van der Waals surface area contributed by atoms with Gasteiger partial charge in [0.2, 0.25) is 5.82 Å². The van der Waals surface area contributed by atoms with Gasteiger partial charge in [0.05, 0.1) is 0 Å². The van der Waals surface area contributed by atoms with Gasteiger partial charge in [0.25, 0.3) is 0 Å². The summed E-state index contributed by atoms with van der Waals surface area (Å²) in [5.74, 6) is 2.15. The molecule has 0 atom stereocenters. The van der Waals surface area contributed by atoms with E-state index in [0.717, 1.165) is 41.9 Å². The van der Waals surface area contributed by atoms with Gasteiger partial charge in [-0.2, -0.15) is 10.3 Å². The van der Waals surface area contributed by atoms with Gasteiger partial charge in [0.1, 0.15) is 5.82 Å². The Morgan fingerprint density at radius 2 is 1.83 bits per heavy atom. The number of hydrogen-bond acceptors (Lipinski definition) is 6. The van der Waals surface area contributed by atoms with Crippen molar-refractivity contribution in [3.8, 4) is 22.5 Å². The number of aromatic nitrogens is 7. The Hall–Kier alpha value is -3.26. The molecule has 0 saturated heterocycles. The minimum absolute atomic E-state index is 0.586. The predicted octanol–water partition coefficient (Wildman–Crippen LogP) is 4.25. The number of nitrogens with zero attached hydrogens (tertiary/aromatic N) is 6.